The molecule has 3 nitrogen and oxygen atoms in total. The molecule has 0 aliphatic rings. The van der Waals surface area contributed by atoms with Crippen LogP contribution in [-0.4, -0.2) is 30.4 Å². The first-order valence-electron chi connectivity index (χ1n) is 5.75. The van der Waals surface area contributed by atoms with Crippen LogP contribution in [-0.2, 0) is 4.79 Å². The minimum atomic E-state index is -0.252. The molecule has 0 saturated heterocycles. The number of hydrogen-bond acceptors (Lipinski definition) is 2. The Bertz CT molecular complexity index is 320. The van der Waals surface area contributed by atoms with Gasteiger partial charge in [0.05, 0.1) is 5.92 Å². The van der Waals surface area contributed by atoms with Gasteiger partial charge in [-0.15, -0.1) is 0 Å². The second-order valence-corrected chi connectivity index (χ2v) is 3.85. The molecular formula is C13H20N2O. The molecule has 0 radical (unpaired) electrons. The van der Waals surface area contributed by atoms with E-state index >= 15 is 0 Å². The maximum Gasteiger partial charge on any atom is 0.226 e. The number of nitrogens with zero attached hydrogens (tertiary/aromatic N) is 1. The summed E-state index contributed by atoms with van der Waals surface area (Å²) in [6.07, 6.45) is 0. The molecule has 0 spiro atoms. The van der Waals surface area contributed by atoms with E-state index in [-0.39, 0.29) is 11.8 Å². The second kappa shape index (κ2) is 6.28. The van der Waals surface area contributed by atoms with Crippen molar-refractivity contribution < 1.29 is 4.79 Å². The Kier molecular flexibility index (Phi) is 4.99. The van der Waals surface area contributed by atoms with Gasteiger partial charge in [-0.05, 0) is 18.7 Å². The van der Waals surface area contributed by atoms with Gasteiger partial charge in [0.25, 0.3) is 0 Å². The molecule has 1 aromatic carbocycles. The molecule has 0 heterocycles. The number of carbonyl (C=O) groups is 1. The number of benzene rings is 1. The molecule has 1 amide bonds. The zero-order chi connectivity index (χ0) is 12.0. The Morgan fingerprint density at radius 3 is 2.25 bits per heavy atom. The molecule has 0 aliphatic carbocycles. The third kappa shape index (κ3) is 3.35. The Morgan fingerprint density at radius 2 is 1.81 bits per heavy atom. The molecule has 0 bridgehead atoms. The number of hydrogen-bond donors (Lipinski definition) is 1. The van der Waals surface area contributed by atoms with Crippen LogP contribution >= 0.6 is 0 Å². The molecule has 88 valence electrons. The first-order valence-corrected chi connectivity index (χ1v) is 5.75. The fraction of sp³-hybridized carbons (Fsp3) is 0.462. The minimum Gasteiger partial charge on any atom is -0.369 e. The molecule has 0 aromatic heterocycles. The summed E-state index contributed by atoms with van der Waals surface area (Å²) in [7, 11) is 0. The summed E-state index contributed by atoms with van der Waals surface area (Å²) < 4.78 is 0. The largest absolute Gasteiger partial charge is 0.369 e. The van der Waals surface area contributed by atoms with Gasteiger partial charge in [-0.25, -0.2) is 0 Å². The lowest BCUT2D eigenvalue weighted by atomic mass is 9.98. The summed E-state index contributed by atoms with van der Waals surface area (Å²) in [5, 5.41) is 0. The lowest BCUT2D eigenvalue weighted by Gasteiger charge is -2.23. The Labute approximate surface area is 97.2 Å². The van der Waals surface area contributed by atoms with Crippen molar-refractivity contribution in [3.8, 4) is 0 Å². The van der Waals surface area contributed by atoms with Crippen molar-refractivity contribution in [1.29, 1.82) is 0 Å². The van der Waals surface area contributed by atoms with Crippen molar-refractivity contribution in [2.45, 2.75) is 19.8 Å². The molecule has 1 rings (SSSR count). The van der Waals surface area contributed by atoms with Crippen LogP contribution in [0.3, 0.4) is 0 Å². The fourth-order valence-electron chi connectivity index (χ4n) is 1.78. The Morgan fingerprint density at radius 1 is 1.25 bits per heavy atom. The highest BCUT2D eigenvalue weighted by Gasteiger charge is 2.19. The summed E-state index contributed by atoms with van der Waals surface area (Å²) in [4.78, 5) is 13.7. The van der Waals surface area contributed by atoms with E-state index in [9.17, 15) is 4.79 Å². The van der Waals surface area contributed by atoms with Crippen molar-refractivity contribution in [2.75, 3.05) is 19.6 Å². The molecule has 1 unspecified atom stereocenters. The molecule has 3 heteroatoms. The lowest BCUT2D eigenvalue weighted by molar-refractivity contribution is -0.119. The highest BCUT2D eigenvalue weighted by Crippen LogP contribution is 2.16. The zero-order valence-corrected chi connectivity index (χ0v) is 10.0. The van der Waals surface area contributed by atoms with Gasteiger partial charge in [-0.1, -0.05) is 44.2 Å². The van der Waals surface area contributed by atoms with E-state index in [1.54, 1.807) is 0 Å². The van der Waals surface area contributed by atoms with E-state index in [1.807, 2.05) is 30.3 Å². The first-order chi connectivity index (χ1) is 7.69. The van der Waals surface area contributed by atoms with Crippen LogP contribution in [0.4, 0.5) is 0 Å². The van der Waals surface area contributed by atoms with Gasteiger partial charge in [-0.2, -0.15) is 0 Å². The Balaban J connectivity index is 2.80. The van der Waals surface area contributed by atoms with E-state index in [1.165, 1.54) is 0 Å². The monoisotopic (exact) mass is 220 g/mol. The van der Waals surface area contributed by atoms with E-state index in [0.717, 1.165) is 18.7 Å². The van der Waals surface area contributed by atoms with E-state index < -0.39 is 0 Å². The molecule has 1 aromatic rings. The number of rotatable bonds is 6. The molecule has 2 N–H and O–H groups in total. The zero-order valence-electron chi connectivity index (χ0n) is 10.0. The van der Waals surface area contributed by atoms with Crippen LogP contribution in [0, 0.1) is 0 Å². The second-order valence-electron chi connectivity index (χ2n) is 3.85. The average Bonchev–Trinajstić information content (AvgIpc) is 2.31. The Hall–Kier alpha value is -1.35. The molecule has 16 heavy (non-hydrogen) atoms. The maximum absolute atomic E-state index is 11.5. The van der Waals surface area contributed by atoms with Gasteiger partial charge < -0.3 is 10.6 Å². The predicted molar refractivity (Wildman–Crippen MR) is 66.2 cm³/mol. The van der Waals surface area contributed by atoms with Crippen molar-refractivity contribution in [2.24, 2.45) is 5.73 Å². The molecular weight excluding hydrogens is 200 g/mol. The van der Waals surface area contributed by atoms with Crippen LogP contribution in [0.1, 0.15) is 25.3 Å². The van der Waals surface area contributed by atoms with Crippen LogP contribution in [0.15, 0.2) is 30.3 Å². The highest BCUT2D eigenvalue weighted by molar-refractivity contribution is 5.82. The van der Waals surface area contributed by atoms with Gasteiger partial charge in [0, 0.05) is 6.54 Å². The smallest absolute Gasteiger partial charge is 0.226 e. The van der Waals surface area contributed by atoms with Gasteiger partial charge in [0.15, 0.2) is 0 Å². The summed E-state index contributed by atoms with van der Waals surface area (Å²) in [6.45, 7) is 6.76. The molecule has 0 aliphatic heterocycles. The number of amides is 1. The van der Waals surface area contributed by atoms with E-state index in [0.29, 0.717) is 6.54 Å². The van der Waals surface area contributed by atoms with Crippen LogP contribution in [0.2, 0.25) is 0 Å². The van der Waals surface area contributed by atoms with Crippen molar-refractivity contribution >= 4 is 5.91 Å². The third-order valence-electron chi connectivity index (χ3n) is 2.88. The number of carbonyl (C=O) groups excluding carboxylic acids is 1. The van der Waals surface area contributed by atoms with Crippen molar-refractivity contribution in [1.82, 2.24) is 4.90 Å². The SMILES string of the molecule is CCN(CC)CC(C(N)=O)c1ccccc1. The summed E-state index contributed by atoms with van der Waals surface area (Å²) >= 11 is 0. The number of likely N-dealkylation sites (N-methyl/N-ethyl adjacent to an activating group) is 1. The number of nitrogens with two attached hydrogens (primary N) is 1. The van der Waals surface area contributed by atoms with Gasteiger partial charge >= 0.3 is 0 Å². The quantitative estimate of drug-likeness (QED) is 0.791. The summed E-state index contributed by atoms with van der Waals surface area (Å²) in [5.41, 5.74) is 6.46. The first kappa shape index (κ1) is 12.7. The maximum atomic E-state index is 11.5. The van der Waals surface area contributed by atoms with Crippen LogP contribution in [0.5, 0.6) is 0 Å². The van der Waals surface area contributed by atoms with Crippen LogP contribution in [0.25, 0.3) is 0 Å². The molecule has 0 fully saturated rings. The summed E-state index contributed by atoms with van der Waals surface area (Å²) in [6, 6.07) is 9.73. The van der Waals surface area contributed by atoms with Gasteiger partial charge in [0.1, 0.15) is 0 Å². The van der Waals surface area contributed by atoms with E-state index in [2.05, 4.69) is 18.7 Å². The van der Waals surface area contributed by atoms with Crippen molar-refractivity contribution in [3.05, 3.63) is 35.9 Å². The topological polar surface area (TPSA) is 46.3 Å². The standard InChI is InChI=1S/C13H20N2O/c1-3-15(4-2)10-12(13(14)16)11-8-6-5-7-9-11/h5-9,12H,3-4,10H2,1-2H3,(H2,14,16). The lowest BCUT2D eigenvalue weighted by Crippen LogP contribution is -2.34. The van der Waals surface area contributed by atoms with Gasteiger partial charge in [0.2, 0.25) is 5.91 Å². The van der Waals surface area contributed by atoms with Crippen molar-refractivity contribution in [3.63, 3.8) is 0 Å². The summed E-state index contributed by atoms with van der Waals surface area (Å²) in [5.74, 6) is -0.459. The predicted octanol–water partition coefficient (Wildman–Crippen LogP) is 1.60. The van der Waals surface area contributed by atoms with Gasteiger partial charge in [-0.3, -0.25) is 4.79 Å². The third-order valence-corrected chi connectivity index (χ3v) is 2.88. The van der Waals surface area contributed by atoms with E-state index in [4.69, 9.17) is 5.73 Å². The molecule has 0 saturated carbocycles. The normalized spacial score (nSPS) is 12.7. The highest BCUT2D eigenvalue weighted by atomic mass is 16.1. The average molecular weight is 220 g/mol. The molecule has 1 atom stereocenters. The minimum absolute atomic E-state index is 0.207. The number of primary amides is 1. The fourth-order valence-corrected chi connectivity index (χ4v) is 1.78. The van der Waals surface area contributed by atoms with Crippen LogP contribution < -0.4 is 5.73 Å².